The van der Waals surface area contributed by atoms with Crippen LogP contribution in [-0.2, 0) is 4.74 Å². The first-order valence-corrected chi connectivity index (χ1v) is 10.5. The molecule has 8 nitrogen and oxygen atoms in total. The number of nitrogens with one attached hydrogen (secondary N) is 3. The van der Waals surface area contributed by atoms with Gasteiger partial charge in [0.15, 0.2) is 0 Å². The summed E-state index contributed by atoms with van der Waals surface area (Å²) in [4.78, 5) is 34.6. The Kier molecular flexibility index (Phi) is 5.73. The molecule has 3 aromatic rings. The number of aromatic nitrogens is 2. The number of nitrogens with zero attached hydrogens (tertiary/aromatic N) is 2. The standard InChI is InChI=1S/C23H26FN5O3/c1-23(2,3)32-22(31)28-18-13-14(10-11-15(18)24)25-21(30)29-12-6-9-19(29)20-26-16-7-4-5-8-17(16)27-20/h4-5,7-8,10-11,13,19H,6,9,12H2,1-3H3,(H,25,30)(H,26,27)(H,28,31). The van der Waals surface area contributed by atoms with Crippen molar-refractivity contribution >= 4 is 34.5 Å². The van der Waals surface area contributed by atoms with Gasteiger partial charge in [0.2, 0.25) is 0 Å². The number of likely N-dealkylation sites (tertiary alicyclic amines) is 1. The van der Waals surface area contributed by atoms with Crippen LogP contribution in [-0.4, -0.2) is 39.1 Å². The number of hydrogen-bond donors (Lipinski definition) is 3. The van der Waals surface area contributed by atoms with E-state index in [0.29, 0.717) is 12.2 Å². The lowest BCUT2D eigenvalue weighted by Crippen LogP contribution is -2.35. The number of rotatable bonds is 3. The molecule has 1 fully saturated rings. The highest BCUT2D eigenvalue weighted by Gasteiger charge is 2.32. The lowest BCUT2D eigenvalue weighted by atomic mass is 10.2. The SMILES string of the molecule is CC(C)(C)OC(=O)Nc1cc(NC(=O)N2CCCC2c2nc3ccccc3[nH]2)ccc1F. The number of benzene rings is 2. The fraction of sp³-hybridized carbons (Fsp3) is 0.348. The van der Waals surface area contributed by atoms with Gasteiger partial charge in [-0.3, -0.25) is 5.32 Å². The summed E-state index contributed by atoms with van der Waals surface area (Å²) in [5, 5.41) is 5.18. The number of ether oxygens (including phenoxy) is 1. The highest BCUT2D eigenvalue weighted by atomic mass is 19.1. The number of imidazole rings is 1. The Hall–Kier alpha value is -3.62. The highest BCUT2D eigenvalue weighted by Crippen LogP contribution is 2.32. The second kappa shape index (κ2) is 8.49. The zero-order valence-electron chi connectivity index (χ0n) is 18.2. The summed E-state index contributed by atoms with van der Waals surface area (Å²) in [5.74, 6) is 0.112. The van der Waals surface area contributed by atoms with Gasteiger partial charge in [-0.25, -0.2) is 19.0 Å². The third kappa shape index (κ3) is 4.82. The minimum atomic E-state index is -0.774. The van der Waals surface area contributed by atoms with Crippen LogP contribution in [0.1, 0.15) is 45.5 Å². The topological polar surface area (TPSA) is 99.3 Å². The summed E-state index contributed by atoms with van der Waals surface area (Å²) in [6, 6.07) is 11.2. The van der Waals surface area contributed by atoms with E-state index in [1.807, 2.05) is 24.3 Å². The maximum absolute atomic E-state index is 14.2. The Balaban J connectivity index is 1.47. The average Bonchev–Trinajstić information content (AvgIpc) is 3.35. The molecule has 1 atom stereocenters. The first kappa shape index (κ1) is 21.6. The summed E-state index contributed by atoms with van der Waals surface area (Å²) in [6.45, 7) is 5.73. The van der Waals surface area contributed by atoms with Crippen molar-refractivity contribution in [2.45, 2.75) is 45.3 Å². The molecular weight excluding hydrogens is 413 g/mol. The van der Waals surface area contributed by atoms with Crippen LogP contribution in [0, 0.1) is 5.82 Å². The molecule has 0 spiro atoms. The van der Waals surface area contributed by atoms with Crippen molar-refractivity contribution in [2.75, 3.05) is 17.2 Å². The number of fused-ring (bicyclic) bond motifs is 1. The van der Waals surface area contributed by atoms with Crippen molar-refractivity contribution in [1.29, 1.82) is 0 Å². The van der Waals surface area contributed by atoms with Gasteiger partial charge in [0.05, 0.1) is 22.8 Å². The monoisotopic (exact) mass is 439 g/mol. The van der Waals surface area contributed by atoms with Gasteiger partial charge in [-0.15, -0.1) is 0 Å². The number of carbonyl (C=O) groups excluding carboxylic acids is 2. The Morgan fingerprint density at radius 1 is 1.19 bits per heavy atom. The van der Waals surface area contributed by atoms with E-state index < -0.39 is 17.5 Å². The Labute approximate surface area is 185 Å². The van der Waals surface area contributed by atoms with E-state index in [0.717, 1.165) is 29.7 Å². The third-order valence-electron chi connectivity index (χ3n) is 5.09. The molecule has 168 valence electrons. The lowest BCUT2D eigenvalue weighted by molar-refractivity contribution is 0.0635. The number of urea groups is 1. The van der Waals surface area contributed by atoms with Crippen LogP contribution in [0.4, 0.5) is 25.4 Å². The largest absolute Gasteiger partial charge is 0.444 e. The van der Waals surface area contributed by atoms with E-state index >= 15 is 0 Å². The van der Waals surface area contributed by atoms with Crippen molar-refractivity contribution < 1.29 is 18.7 Å². The first-order valence-electron chi connectivity index (χ1n) is 10.5. The van der Waals surface area contributed by atoms with Crippen LogP contribution in [0.2, 0.25) is 0 Å². The number of amides is 3. The number of carbonyl (C=O) groups is 2. The van der Waals surface area contributed by atoms with Crippen LogP contribution in [0.25, 0.3) is 11.0 Å². The number of aromatic amines is 1. The van der Waals surface area contributed by atoms with Crippen LogP contribution >= 0.6 is 0 Å². The van der Waals surface area contributed by atoms with Crippen LogP contribution in [0.3, 0.4) is 0 Å². The maximum Gasteiger partial charge on any atom is 0.412 e. The molecule has 1 aliphatic heterocycles. The van der Waals surface area contributed by atoms with E-state index in [-0.39, 0.29) is 17.8 Å². The molecule has 3 amide bonds. The van der Waals surface area contributed by atoms with Crippen LogP contribution in [0.5, 0.6) is 0 Å². The second-order valence-corrected chi connectivity index (χ2v) is 8.74. The normalized spacial score (nSPS) is 16.2. The van der Waals surface area contributed by atoms with Crippen LogP contribution in [0.15, 0.2) is 42.5 Å². The fourth-order valence-electron chi connectivity index (χ4n) is 3.73. The molecule has 1 aromatic heterocycles. The van der Waals surface area contributed by atoms with E-state index in [1.54, 1.807) is 25.7 Å². The molecule has 1 unspecified atom stereocenters. The first-order chi connectivity index (χ1) is 15.2. The molecule has 1 aliphatic rings. The van der Waals surface area contributed by atoms with Crippen molar-refractivity contribution in [1.82, 2.24) is 14.9 Å². The van der Waals surface area contributed by atoms with Crippen molar-refractivity contribution in [3.8, 4) is 0 Å². The molecule has 32 heavy (non-hydrogen) atoms. The molecule has 0 bridgehead atoms. The van der Waals surface area contributed by atoms with E-state index in [1.165, 1.54) is 18.2 Å². The van der Waals surface area contributed by atoms with E-state index in [4.69, 9.17) is 4.74 Å². The van der Waals surface area contributed by atoms with E-state index in [2.05, 4.69) is 20.6 Å². The van der Waals surface area contributed by atoms with Gasteiger partial charge in [0.25, 0.3) is 0 Å². The molecule has 2 aromatic carbocycles. The fourth-order valence-corrected chi connectivity index (χ4v) is 3.73. The minimum absolute atomic E-state index is 0.0766. The Bertz CT molecular complexity index is 1120. The lowest BCUT2D eigenvalue weighted by Gasteiger charge is -2.24. The number of anilines is 2. The Morgan fingerprint density at radius 3 is 2.72 bits per heavy atom. The predicted molar refractivity (Wildman–Crippen MR) is 120 cm³/mol. The molecule has 2 heterocycles. The second-order valence-electron chi connectivity index (χ2n) is 8.74. The molecule has 3 N–H and O–H groups in total. The minimum Gasteiger partial charge on any atom is -0.444 e. The summed E-state index contributed by atoms with van der Waals surface area (Å²) in [7, 11) is 0. The molecule has 0 aliphatic carbocycles. The van der Waals surface area contributed by atoms with Gasteiger partial charge in [0.1, 0.15) is 17.2 Å². The number of H-pyrrole nitrogens is 1. The molecule has 0 saturated carbocycles. The predicted octanol–water partition coefficient (Wildman–Crippen LogP) is 5.42. The van der Waals surface area contributed by atoms with Crippen molar-refractivity contribution in [3.63, 3.8) is 0 Å². The molecule has 0 radical (unpaired) electrons. The zero-order valence-corrected chi connectivity index (χ0v) is 18.2. The van der Waals surface area contributed by atoms with Gasteiger partial charge < -0.3 is 19.9 Å². The quantitative estimate of drug-likeness (QED) is 0.507. The maximum atomic E-state index is 14.2. The zero-order chi connectivity index (χ0) is 22.9. The Morgan fingerprint density at radius 2 is 1.97 bits per heavy atom. The summed E-state index contributed by atoms with van der Waals surface area (Å²) in [5.41, 5.74) is 1.34. The third-order valence-corrected chi connectivity index (χ3v) is 5.09. The number of hydrogen-bond acceptors (Lipinski definition) is 4. The van der Waals surface area contributed by atoms with Gasteiger partial charge >= 0.3 is 12.1 Å². The molecule has 9 heteroatoms. The summed E-state index contributed by atoms with van der Waals surface area (Å²) < 4.78 is 19.3. The average molecular weight is 439 g/mol. The van der Waals surface area contributed by atoms with E-state index in [9.17, 15) is 14.0 Å². The summed E-state index contributed by atoms with van der Waals surface area (Å²) in [6.07, 6.45) is 0.871. The van der Waals surface area contributed by atoms with Gasteiger partial charge in [-0.05, 0) is 63.9 Å². The summed E-state index contributed by atoms with van der Waals surface area (Å²) >= 11 is 0. The van der Waals surface area contributed by atoms with Gasteiger partial charge in [-0.2, -0.15) is 0 Å². The number of halogens is 1. The van der Waals surface area contributed by atoms with Gasteiger partial charge in [0, 0.05) is 12.2 Å². The smallest absolute Gasteiger partial charge is 0.412 e. The van der Waals surface area contributed by atoms with Crippen LogP contribution < -0.4 is 10.6 Å². The molecule has 1 saturated heterocycles. The van der Waals surface area contributed by atoms with Crippen molar-refractivity contribution in [2.24, 2.45) is 0 Å². The highest BCUT2D eigenvalue weighted by molar-refractivity contribution is 5.92. The molecule has 4 rings (SSSR count). The molecular formula is C23H26FN5O3. The van der Waals surface area contributed by atoms with Gasteiger partial charge in [-0.1, -0.05) is 12.1 Å². The van der Waals surface area contributed by atoms with Crippen molar-refractivity contribution in [3.05, 3.63) is 54.1 Å². The number of para-hydroxylation sites is 2.